The number of fused-ring (bicyclic) bond motifs is 1. The van der Waals surface area contributed by atoms with E-state index in [2.05, 4.69) is 26.1 Å². The summed E-state index contributed by atoms with van der Waals surface area (Å²) in [5, 5.41) is 3.85. The van der Waals surface area contributed by atoms with Crippen LogP contribution in [-0.2, 0) is 4.74 Å². The second-order valence-electron chi connectivity index (χ2n) is 9.93. The minimum absolute atomic E-state index is 0.0525. The van der Waals surface area contributed by atoms with Crippen LogP contribution in [0.2, 0.25) is 0 Å². The molecule has 3 aromatic rings. The van der Waals surface area contributed by atoms with Crippen LogP contribution in [0.5, 0.6) is 11.5 Å². The van der Waals surface area contributed by atoms with Gasteiger partial charge in [0.15, 0.2) is 11.5 Å². The van der Waals surface area contributed by atoms with E-state index in [1.165, 1.54) is 0 Å². The molecule has 0 aliphatic rings. The van der Waals surface area contributed by atoms with Gasteiger partial charge >= 0.3 is 0 Å². The zero-order valence-corrected chi connectivity index (χ0v) is 20.6. The van der Waals surface area contributed by atoms with E-state index in [4.69, 9.17) is 19.2 Å². The van der Waals surface area contributed by atoms with Crippen LogP contribution in [0.15, 0.2) is 48.5 Å². The summed E-state index contributed by atoms with van der Waals surface area (Å²) < 4.78 is 16.8. The van der Waals surface area contributed by atoms with Crippen LogP contribution in [0.3, 0.4) is 0 Å². The normalized spacial score (nSPS) is 12.0. The molecule has 1 heterocycles. The number of amides is 1. The highest BCUT2D eigenvalue weighted by atomic mass is 16.5. The lowest BCUT2D eigenvalue weighted by molar-refractivity contribution is -0.0479. The minimum Gasteiger partial charge on any atom is -0.493 e. The lowest BCUT2D eigenvalue weighted by Gasteiger charge is -2.30. The third-order valence-corrected chi connectivity index (χ3v) is 5.21. The smallest absolute Gasteiger partial charge is 0.252 e. The van der Waals surface area contributed by atoms with E-state index in [0.29, 0.717) is 35.9 Å². The molecule has 3 rings (SSSR count). The molecule has 0 aliphatic carbocycles. The maximum Gasteiger partial charge on any atom is 0.252 e. The van der Waals surface area contributed by atoms with Gasteiger partial charge in [0.1, 0.15) is 0 Å². The number of para-hydroxylation sites is 1. The first-order chi connectivity index (χ1) is 15.5. The molecule has 0 saturated carbocycles. The highest BCUT2D eigenvalue weighted by Crippen LogP contribution is 2.33. The number of ether oxygens (including phenoxy) is 3. The zero-order chi connectivity index (χ0) is 24.2. The number of nitrogens with one attached hydrogen (secondary N) is 1. The van der Waals surface area contributed by atoms with E-state index in [9.17, 15) is 4.79 Å². The van der Waals surface area contributed by atoms with Crippen molar-refractivity contribution in [1.82, 2.24) is 10.3 Å². The van der Waals surface area contributed by atoms with Crippen LogP contribution in [0.25, 0.3) is 22.2 Å². The SMILES string of the molecule is COc1ccc(-c2cc(C(=O)NCC(C)(C)OCC(C)(C)C)c3ccccc3n2)cc1OC. The van der Waals surface area contributed by atoms with Crippen LogP contribution in [-0.4, -0.2) is 43.9 Å². The number of carbonyl (C=O) groups excluding carboxylic acids is 1. The molecule has 0 atom stereocenters. The second kappa shape index (κ2) is 9.79. The first-order valence-electron chi connectivity index (χ1n) is 11.1. The third-order valence-electron chi connectivity index (χ3n) is 5.21. The van der Waals surface area contributed by atoms with Crippen LogP contribution in [0.1, 0.15) is 45.0 Å². The van der Waals surface area contributed by atoms with Gasteiger partial charge in [-0.05, 0) is 49.6 Å². The van der Waals surface area contributed by atoms with Gasteiger partial charge in [0, 0.05) is 17.5 Å². The van der Waals surface area contributed by atoms with E-state index in [-0.39, 0.29) is 11.3 Å². The van der Waals surface area contributed by atoms with Crippen LogP contribution in [0.4, 0.5) is 0 Å². The summed E-state index contributed by atoms with van der Waals surface area (Å²) in [5.74, 6) is 1.08. The topological polar surface area (TPSA) is 69.7 Å². The van der Waals surface area contributed by atoms with E-state index >= 15 is 0 Å². The highest BCUT2D eigenvalue weighted by molar-refractivity contribution is 6.07. The quantitative estimate of drug-likeness (QED) is 0.491. The Balaban J connectivity index is 1.92. The summed E-state index contributed by atoms with van der Waals surface area (Å²) in [5.41, 5.74) is 2.40. The average Bonchev–Trinajstić information content (AvgIpc) is 2.79. The molecule has 1 amide bonds. The number of nitrogens with zero attached hydrogens (tertiary/aromatic N) is 1. The zero-order valence-electron chi connectivity index (χ0n) is 20.6. The summed E-state index contributed by atoms with van der Waals surface area (Å²) in [6.07, 6.45) is 0. The van der Waals surface area contributed by atoms with Crippen molar-refractivity contribution in [2.45, 2.75) is 40.2 Å². The maximum absolute atomic E-state index is 13.3. The number of rotatable bonds is 8. The second-order valence-corrected chi connectivity index (χ2v) is 9.93. The molecule has 1 aromatic heterocycles. The fraction of sp³-hybridized carbons (Fsp3) is 0.407. The van der Waals surface area contributed by atoms with Crippen molar-refractivity contribution in [3.63, 3.8) is 0 Å². The monoisotopic (exact) mass is 450 g/mol. The number of hydrogen-bond acceptors (Lipinski definition) is 5. The lowest BCUT2D eigenvalue weighted by Crippen LogP contribution is -2.42. The first kappa shape index (κ1) is 24.5. The van der Waals surface area contributed by atoms with Gasteiger partial charge in [-0.2, -0.15) is 0 Å². The van der Waals surface area contributed by atoms with Crippen LogP contribution < -0.4 is 14.8 Å². The van der Waals surface area contributed by atoms with Gasteiger partial charge in [0.25, 0.3) is 5.91 Å². The van der Waals surface area contributed by atoms with Gasteiger partial charge in [-0.1, -0.05) is 39.0 Å². The van der Waals surface area contributed by atoms with Gasteiger partial charge in [0.2, 0.25) is 0 Å². The van der Waals surface area contributed by atoms with E-state index in [1.807, 2.05) is 62.4 Å². The first-order valence-corrected chi connectivity index (χ1v) is 11.1. The van der Waals surface area contributed by atoms with E-state index < -0.39 is 5.60 Å². The van der Waals surface area contributed by atoms with Crippen LogP contribution >= 0.6 is 0 Å². The Hall–Kier alpha value is -3.12. The molecule has 0 fully saturated rings. The Morgan fingerprint density at radius 1 is 0.939 bits per heavy atom. The third kappa shape index (κ3) is 6.23. The van der Waals surface area contributed by atoms with Gasteiger partial charge < -0.3 is 19.5 Å². The highest BCUT2D eigenvalue weighted by Gasteiger charge is 2.24. The van der Waals surface area contributed by atoms with Crippen molar-refractivity contribution in [1.29, 1.82) is 0 Å². The van der Waals surface area contributed by atoms with Crippen LogP contribution in [0, 0.1) is 5.41 Å². The fourth-order valence-corrected chi connectivity index (χ4v) is 3.36. The van der Waals surface area contributed by atoms with E-state index in [1.54, 1.807) is 14.2 Å². The maximum atomic E-state index is 13.3. The molecule has 0 saturated heterocycles. The summed E-state index contributed by atoms with van der Waals surface area (Å²) in [4.78, 5) is 18.1. The minimum atomic E-state index is -0.488. The Morgan fingerprint density at radius 3 is 2.30 bits per heavy atom. The average molecular weight is 451 g/mol. The molecule has 6 nitrogen and oxygen atoms in total. The number of pyridine rings is 1. The predicted octanol–water partition coefficient (Wildman–Crippen LogP) is 5.49. The Labute approximate surface area is 196 Å². The Kier molecular flexibility index (Phi) is 7.28. The standard InChI is InChI=1S/C27H34N2O4/c1-26(2,3)17-33-27(4,5)16-28-25(30)20-15-22(29-21-11-9-8-10-19(20)21)18-12-13-23(31-6)24(14-18)32-7/h8-15H,16-17H2,1-7H3,(H,28,30). The molecule has 33 heavy (non-hydrogen) atoms. The molecule has 0 aliphatic heterocycles. The number of methoxy groups -OCH3 is 2. The molecular formula is C27H34N2O4. The molecule has 0 spiro atoms. The van der Waals surface area contributed by atoms with Crippen molar-refractivity contribution in [2.24, 2.45) is 5.41 Å². The van der Waals surface area contributed by atoms with Gasteiger partial charge in [-0.15, -0.1) is 0 Å². The van der Waals surface area contributed by atoms with Gasteiger partial charge in [-0.3, -0.25) is 4.79 Å². The van der Waals surface area contributed by atoms with Crippen molar-refractivity contribution in [2.75, 3.05) is 27.4 Å². The molecule has 1 N–H and O–H groups in total. The summed E-state index contributed by atoms with van der Waals surface area (Å²) in [6, 6.07) is 15.1. The van der Waals surface area contributed by atoms with Crippen molar-refractivity contribution < 1.29 is 19.0 Å². The predicted molar refractivity (Wildman–Crippen MR) is 132 cm³/mol. The molecule has 6 heteroatoms. The molecule has 0 radical (unpaired) electrons. The molecular weight excluding hydrogens is 416 g/mol. The molecule has 176 valence electrons. The van der Waals surface area contributed by atoms with Crippen molar-refractivity contribution in [3.8, 4) is 22.8 Å². The molecule has 2 aromatic carbocycles. The lowest BCUT2D eigenvalue weighted by atomic mass is 9.98. The van der Waals surface area contributed by atoms with Crippen molar-refractivity contribution >= 4 is 16.8 Å². The summed E-state index contributed by atoms with van der Waals surface area (Å²) in [6.45, 7) is 11.3. The summed E-state index contributed by atoms with van der Waals surface area (Å²) >= 11 is 0. The van der Waals surface area contributed by atoms with Crippen molar-refractivity contribution in [3.05, 3.63) is 54.1 Å². The number of benzene rings is 2. The Morgan fingerprint density at radius 2 is 1.64 bits per heavy atom. The van der Waals surface area contributed by atoms with Gasteiger partial charge in [-0.25, -0.2) is 4.98 Å². The fourth-order valence-electron chi connectivity index (χ4n) is 3.36. The number of aromatic nitrogens is 1. The molecule has 0 bridgehead atoms. The summed E-state index contributed by atoms with van der Waals surface area (Å²) in [7, 11) is 3.19. The van der Waals surface area contributed by atoms with E-state index in [0.717, 1.165) is 16.5 Å². The Bertz CT molecular complexity index is 1130. The largest absolute Gasteiger partial charge is 0.493 e. The van der Waals surface area contributed by atoms with Gasteiger partial charge in [0.05, 0.1) is 43.2 Å². The molecule has 0 unspecified atom stereocenters. The number of hydrogen-bond donors (Lipinski definition) is 1. The number of carbonyl (C=O) groups is 1.